The lowest BCUT2D eigenvalue weighted by atomic mass is 9.88. The zero-order valence-electron chi connectivity index (χ0n) is 17.4. The molecule has 0 saturated carbocycles. The van der Waals surface area contributed by atoms with Crippen molar-refractivity contribution in [2.75, 3.05) is 0 Å². The lowest BCUT2D eigenvalue weighted by Crippen LogP contribution is -2.51. The molecule has 0 fully saturated rings. The first-order valence-electron chi connectivity index (χ1n) is 9.83. The Morgan fingerprint density at radius 2 is 1.52 bits per heavy atom. The standard InChI is InChI=1S/C25H27N2/c1-14-15(2)17(4)26-23(16(14)3)18(5)27-24(26)21-13-12-19-10-8-9-11-20(19)22(21)25(27,6)7/h8-13H,1-7H3/q+1. The van der Waals surface area contributed by atoms with E-state index in [1.54, 1.807) is 0 Å². The van der Waals surface area contributed by atoms with E-state index in [9.17, 15) is 0 Å². The van der Waals surface area contributed by atoms with Crippen LogP contribution < -0.4 is 4.57 Å². The Bertz CT molecular complexity index is 1290. The Hall–Kier alpha value is -2.61. The first-order valence-corrected chi connectivity index (χ1v) is 9.83. The molecule has 2 aromatic heterocycles. The number of aryl methyl sites for hydroxylation is 3. The van der Waals surface area contributed by atoms with Gasteiger partial charge in [-0.05, 0) is 69.5 Å². The zero-order chi connectivity index (χ0) is 19.2. The molecule has 4 aromatic rings. The molecule has 2 heteroatoms. The van der Waals surface area contributed by atoms with E-state index in [0.29, 0.717) is 0 Å². The molecule has 0 aliphatic carbocycles. The Balaban J connectivity index is 2.06. The Morgan fingerprint density at radius 1 is 0.815 bits per heavy atom. The van der Waals surface area contributed by atoms with Crippen LogP contribution in [0.5, 0.6) is 0 Å². The van der Waals surface area contributed by atoms with Crippen molar-refractivity contribution in [2.24, 2.45) is 0 Å². The lowest BCUT2D eigenvalue weighted by Gasteiger charge is -2.20. The molecular weight excluding hydrogens is 328 g/mol. The average Bonchev–Trinajstić information content (AvgIpc) is 3.09. The van der Waals surface area contributed by atoms with Crippen molar-refractivity contribution in [3.63, 3.8) is 0 Å². The minimum atomic E-state index is -0.0810. The van der Waals surface area contributed by atoms with Crippen molar-refractivity contribution < 1.29 is 4.57 Å². The van der Waals surface area contributed by atoms with E-state index in [4.69, 9.17) is 0 Å². The topological polar surface area (TPSA) is 8.29 Å². The highest BCUT2D eigenvalue weighted by molar-refractivity contribution is 5.93. The summed E-state index contributed by atoms with van der Waals surface area (Å²) < 4.78 is 5.08. The van der Waals surface area contributed by atoms with Crippen LogP contribution in [0.4, 0.5) is 0 Å². The van der Waals surface area contributed by atoms with Gasteiger partial charge in [0.2, 0.25) is 0 Å². The van der Waals surface area contributed by atoms with Gasteiger partial charge in [0.05, 0.1) is 5.56 Å². The molecule has 5 rings (SSSR count). The Morgan fingerprint density at radius 3 is 2.26 bits per heavy atom. The van der Waals surface area contributed by atoms with Gasteiger partial charge >= 0.3 is 0 Å². The van der Waals surface area contributed by atoms with Crippen LogP contribution in [0.15, 0.2) is 36.4 Å². The molecule has 0 bridgehead atoms. The summed E-state index contributed by atoms with van der Waals surface area (Å²) in [4.78, 5) is 0. The van der Waals surface area contributed by atoms with Crippen LogP contribution in [0.2, 0.25) is 0 Å². The summed E-state index contributed by atoms with van der Waals surface area (Å²) in [5, 5.41) is 2.69. The van der Waals surface area contributed by atoms with Crippen LogP contribution in [-0.2, 0) is 5.54 Å². The van der Waals surface area contributed by atoms with Gasteiger partial charge in [-0.25, -0.2) is 4.57 Å². The van der Waals surface area contributed by atoms with Gasteiger partial charge in [-0.15, -0.1) is 0 Å². The summed E-state index contributed by atoms with van der Waals surface area (Å²) in [5.74, 6) is 1.33. The molecule has 136 valence electrons. The predicted molar refractivity (Wildman–Crippen MR) is 113 cm³/mol. The monoisotopic (exact) mass is 355 g/mol. The lowest BCUT2D eigenvalue weighted by molar-refractivity contribution is -0.734. The van der Waals surface area contributed by atoms with E-state index in [2.05, 4.69) is 93.8 Å². The highest BCUT2D eigenvalue weighted by Crippen LogP contribution is 2.44. The minimum Gasteiger partial charge on any atom is -0.217 e. The van der Waals surface area contributed by atoms with Crippen molar-refractivity contribution >= 4 is 16.3 Å². The second kappa shape index (κ2) is 5.01. The highest BCUT2D eigenvalue weighted by Gasteiger charge is 2.47. The molecular formula is C25H27N2+. The maximum Gasteiger partial charge on any atom is 0.295 e. The number of aromatic nitrogens is 2. The summed E-state index contributed by atoms with van der Waals surface area (Å²) >= 11 is 0. The van der Waals surface area contributed by atoms with E-state index in [0.717, 1.165) is 0 Å². The number of pyridine rings is 1. The van der Waals surface area contributed by atoms with Crippen molar-refractivity contribution in [3.8, 4) is 11.4 Å². The van der Waals surface area contributed by atoms with Crippen LogP contribution in [-0.4, -0.2) is 4.40 Å². The zero-order valence-corrected chi connectivity index (χ0v) is 17.4. The van der Waals surface area contributed by atoms with Crippen molar-refractivity contribution in [3.05, 3.63) is 70.0 Å². The predicted octanol–water partition coefficient (Wildman–Crippen LogP) is 5.69. The third kappa shape index (κ3) is 1.79. The number of nitrogens with zero attached hydrogens (tertiary/aromatic N) is 2. The molecule has 0 saturated heterocycles. The van der Waals surface area contributed by atoms with Gasteiger partial charge in [0.15, 0.2) is 5.52 Å². The SMILES string of the molecule is Cc1c(C)c(C)n2c3[n+](c(C)c2c1C)C(C)(C)c1c-3ccc2ccccc12. The number of benzene rings is 2. The summed E-state index contributed by atoms with van der Waals surface area (Å²) in [6.45, 7) is 16.1. The number of hydrogen-bond acceptors (Lipinski definition) is 0. The normalized spacial score (nSPS) is 14.8. The fraction of sp³-hybridized carbons (Fsp3) is 0.320. The molecule has 0 atom stereocenters. The number of hydrogen-bond donors (Lipinski definition) is 0. The van der Waals surface area contributed by atoms with Crippen molar-refractivity contribution in [1.82, 2.24) is 4.40 Å². The number of imidazole rings is 1. The summed E-state index contributed by atoms with van der Waals surface area (Å²) in [6.07, 6.45) is 0. The molecule has 0 spiro atoms. The first-order chi connectivity index (χ1) is 12.8. The maximum atomic E-state index is 2.57. The summed E-state index contributed by atoms with van der Waals surface area (Å²) in [7, 11) is 0. The summed E-state index contributed by atoms with van der Waals surface area (Å²) in [6, 6.07) is 13.4. The van der Waals surface area contributed by atoms with Crippen molar-refractivity contribution in [2.45, 2.75) is 54.0 Å². The van der Waals surface area contributed by atoms with Crippen LogP contribution in [0.3, 0.4) is 0 Å². The molecule has 2 aromatic carbocycles. The third-order valence-corrected chi connectivity index (χ3v) is 7.02. The molecule has 1 aliphatic rings. The maximum absolute atomic E-state index is 2.57. The molecule has 0 amide bonds. The van der Waals surface area contributed by atoms with Crippen LogP contribution in [0.1, 0.15) is 47.5 Å². The average molecular weight is 356 g/mol. The molecule has 2 nitrogen and oxygen atoms in total. The quantitative estimate of drug-likeness (QED) is 0.358. The highest BCUT2D eigenvalue weighted by atomic mass is 15.2. The second-order valence-electron chi connectivity index (χ2n) is 8.66. The first kappa shape index (κ1) is 16.6. The smallest absolute Gasteiger partial charge is 0.217 e. The fourth-order valence-electron chi connectivity index (χ4n) is 5.45. The third-order valence-electron chi connectivity index (χ3n) is 7.02. The van der Waals surface area contributed by atoms with E-state index in [1.165, 1.54) is 61.3 Å². The molecule has 3 heterocycles. The van der Waals surface area contributed by atoms with Gasteiger partial charge in [0.1, 0.15) is 16.9 Å². The number of rotatable bonds is 0. The number of fused-ring (bicyclic) bond motifs is 7. The largest absolute Gasteiger partial charge is 0.295 e. The molecule has 27 heavy (non-hydrogen) atoms. The molecule has 1 aliphatic heterocycles. The van der Waals surface area contributed by atoms with Crippen molar-refractivity contribution in [1.29, 1.82) is 0 Å². The van der Waals surface area contributed by atoms with Gasteiger partial charge < -0.3 is 0 Å². The van der Waals surface area contributed by atoms with Crippen LogP contribution >= 0.6 is 0 Å². The van der Waals surface area contributed by atoms with Gasteiger partial charge in [-0.1, -0.05) is 30.3 Å². The van der Waals surface area contributed by atoms with E-state index >= 15 is 0 Å². The van der Waals surface area contributed by atoms with E-state index in [-0.39, 0.29) is 5.54 Å². The van der Waals surface area contributed by atoms with Crippen LogP contribution in [0, 0.1) is 34.6 Å². The van der Waals surface area contributed by atoms with Gasteiger partial charge in [-0.2, -0.15) is 4.40 Å². The summed E-state index contributed by atoms with van der Waals surface area (Å²) in [5.41, 5.74) is 11.0. The molecule has 0 unspecified atom stereocenters. The molecule has 0 radical (unpaired) electrons. The molecule has 0 N–H and O–H groups in total. The van der Waals surface area contributed by atoms with Crippen LogP contribution in [0.25, 0.3) is 27.7 Å². The van der Waals surface area contributed by atoms with E-state index in [1.807, 2.05) is 0 Å². The minimum absolute atomic E-state index is 0.0810. The Kier molecular flexibility index (Phi) is 3.07. The van der Waals surface area contributed by atoms with Gasteiger partial charge in [0.25, 0.3) is 5.82 Å². The Labute approximate surface area is 161 Å². The van der Waals surface area contributed by atoms with Gasteiger partial charge in [-0.3, -0.25) is 0 Å². The fourth-order valence-corrected chi connectivity index (χ4v) is 5.45. The second-order valence-corrected chi connectivity index (χ2v) is 8.66. The van der Waals surface area contributed by atoms with E-state index < -0.39 is 0 Å². The van der Waals surface area contributed by atoms with Gasteiger partial charge in [0, 0.05) is 18.1 Å².